The van der Waals surface area contributed by atoms with Gasteiger partial charge in [0.1, 0.15) is 5.69 Å². The molecule has 0 saturated carbocycles. The molecule has 1 aromatic carbocycles. The first-order valence-corrected chi connectivity index (χ1v) is 10.7. The molecule has 1 rings (SSSR count). The van der Waals surface area contributed by atoms with Crippen LogP contribution in [0.4, 0.5) is 23.2 Å². The van der Waals surface area contributed by atoms with Crippen molar-refractivity contribution in [3.8, 4) is 0 Å². The van der Waals surface area contributed by atoms with Crippen molar-refractivity contribution in [2.45, 2.75) is 65.5 Å². The molecule has 32 heavy (non-hydrogen) atoms. The highest BCUT2D eigenvalue weighted by molar-refractivity contribution is 9.10. The number of carbonyl (C=O) groups excluding carboxylic acids is 2. The highest BCUT2D eigenvalue weighted by Crippen LogP contribution is 2.46. The van der Waals surface area contributed by atoms with Crippen LogP contribution >= 0.6 is 15.9 Å². The van der Waals surface area contributed by atoms with Crippen molar-refractivity contribution >= 4 is 33.6 Å². The van der Waals surface area contributed by atoms with Gasteiger partial charge in [0.25, 0.3) is 0 Å². The van der Waals surface area contributed by atoms with Crippen molar-refractivity contribution < 1.29 is 36.6 Å². The Hall–Kier alpha value is -2.24. The Morgan fingerprint density at radius 2 is 1.31 bits per heavy atom. The van der Waals surface area contributed by atoms with Crippen molar-refractivity contribution in [3.05, 3.63) is 27.7 Å². The molecule has 0 aliphatic heterocycles. The molecular weight excluding hydrogens is 502 g/mol. The zero-order valence-electron chi connectivity index (χ0n) is 18.6. The van der Waals surface area contributed by atoms with Gasteiger partial charge in [-0.15, -0.1) is 5.11 Å². The maximum Gasteiger partial charge on any atom is 0.382 e. The molecule has 0 N–H and O–H groups in total. The quantitative estimate of drug-likeness (QED) is 0.164. The minimum absolute atomic E-state index is 0.237. The zero-order chi connectivity index (χ0) is 24.9. The minimum atomic E-state index is -4.35. The lowest BCUT2D eigenvalue weighted by atomic mass is 9.98. The van der Waals surface area contributed by atoms with Gasteiger partial charge in [0.2, 0.25) is 0 Å². The fourth-order valence-corrected chi connectivity index (χ4v) is 3.21. The maximum absolute atomic E-state index is 15.0. The van der Waals surface area contributed by atoms with Gasteiger partial charge < -0.3 is 9.47 Å². The molecule has 0 aliphatic rings. The summed E-state index contributed by atoms with van der Waals surface area (Å²) in [5.74, 6) is -12.6. The Morgan fingerprint density at radius 3 is 1.62 bits per heavy atom. The lowest BCUT2D eigenvalue weighted by Gasteiger charge is -2.27. The van der Waals surface area contributed by atoms with E-state index in [1.54, 1.807) is 27.7 Å². The van der Waals surface area contributed by atoms with Crippen molar-refractivity contribution in [3.63, 3.8) is 0 Å². The van der Waals surface area contributed by atoms with Crippen LogP contribution in [0.25, 0.3) is 0 Å². The van der Waals surface area contributed by atoms with E-state index in [2.05, 4.69) is 35.7 Å². The summed E-state index contributed by atoms with van der Waals surface area (Å²) >= 11 is 2.88. The molecule has 0 spiro atoms. The molecule has 0 fully saturated rings. The van der Waals surface area contributed by atoms with Gasteiger partial charge >= 0.3 is 23.8 Å². The minimum Gasteiger partial charge on any atom is -0.461 e. The van der Waals surface area contributed by atoms with Crippen LogP contribution < -0.4 is 0 Å². The predicted molar refractivity (Wildman–Crippen MR) is 112 cm³/mol. The molecule has 0 amide bonds. The van der Waals surface area contributed by atoms with Crippen LogP contribution in [0.15, 0.2) is 26.9 Å². The van der Waals surface area contributed by atoms with E-state index in [4.69, 9.17) is 0 Å². The highest BCUT2D eigenvalue weighted by Gasteiger charge is 2.51. The van der Waals surface area contributed by atoms with E-state index in [9.17, 15) is 27.2 Å². The lowest BCUT2D eigenvalue weighted by Crippen LogP contribution is -2.33. The molecule has 0 aromatic heterocycles. The topological polar surface area (TPSA) is 80.6 Å². The number of hydrogen-bond donors (Lipinski definition) is 0. The Bertz CT molecular complexity index is 804. The summed E-state index contributed by atoms with van der Waals surface area (Å²) in [5, 5.41) is 8.91. The fraction of sp³-hybridized carbons (Fsp3) is 0.600. The van der Waals surface area contributed by atoms with E-state index in [-0.39, 0.29) is 29.8 Å². The molecule has 0 radical (unpaired) electrons. The number of nitrogens with zero attached hydrogens (tertiary/aromatic N) is 3. The first kappa shape index (κ1) is 27.8. The Labute approximate surface area is 192 Å². The summed E-state index contributed by atoms with van der Waals surface area (Å²) in [6.07, 6.45) is 0. The predicted octanol–water partition coefficient (Wildman–Crippen LogP) is 5.88. The summed E-state index contributed by atoms with van der Waals surface area (Å²) < 4.78 is 68.4. The summed E-state index contributed by atoms with van der Waals surface area (Å²) in [4.78, 5) is 23.9. The molecular formula is C20H26BrF4N3O4. The number of alkyl halides is 4. The van der Waals surface area contributed by atoms with Crippen molar-refractivity contribution in [1.29, 1.82) is 0 Å². The third kappa shape index (κ3) is 6.17. The number of ether oxygens (including phenoxy) is 2. The van der Waals surface area contributed by atoms with Crippen LogP contribution in [0.2, 0.25) is 0 Å². The second kappa shape index (κ2) is 11.1. The Kier molecular flexibility index (Phi) is 9.61. The van der Waals surface area contributed by atoms with E-state index in [0.717, 1.165) is 12.1 Å². The highest BCUT2D eigenvalue weighted by atomic mass is 79.9. The molecule has 7 nitrogen and oxygen atoms in total. The first-order valence-electron chi connectivity index (χ1n) is 9.86. The van der Waals surface area contributed by atoms with Gasteiger partial charge in [0.15, 0.2) is 0 Å². The third-order valence-electron chi connectivity index (χ3n) is 4.12. The molecule has 1 aromatic rings. The van der Waals surface area contributed by atoms with E-state index in [1.807, 2.05) is 0 Å². The normalized spacial score (nSPS) is 12.5. The van der Waals surface area contributed by atoms with Crippen molar-refractivity contribution in [1.82, 2.24) is 5.01 Å². The maximum atomic E-state index is 15.0. The second-order valence-corrected chi connectivity index (χ2v) is 8.11. The lowest BCUT2D eigenvalue weighted by molar-refractivity contribution is -0.173. The molecule has 12 heteroatoms. The monoisotopic (exact) mass is 527 g/mol. The van der Waals surface area contributed by atoms with Gasteiger partial charge in [0.05, 0.1) is 24.3 Å². The number of carbonyl (C=O) groups is 2. The largest absolute Gasteiger partial charge is 0.461 e. The third-order valence-corrected chi connectivity index (χ3v) is 4.58. The molecule has 0 bridgehead atoms. The molecule has 0 heterocycles. The van der Waals surface area contributed by atoms with Crippen LogP contribution in [-0.2, 0) is 30.9 Å². The van der Waals surface area contributed by atoms with Gasteiger partial charge in [-0.25, -0.2) is 9.59 Å². The van der Waals surface area contributed by atoms with Crippen LogP contribution in [0.1, 0.15) is 52.7 Å². The summed E-state index contributed by atoms with van der Waals surface area (Å²) in [7, 11) is 0. The Balaban J connectivity index is 3.90. The van der Waals surface area contributed by atoms with E-state index in [1.165, 1.54) is 18.9 Å². The standard InChI is InChI=1S/C20H26BrF4N3O4/c1-7-31-17(29)19(22,23)14-9-13(21)10-15(20(24,25)18(30)32-8-2)16(14)26-27-28(11(3)4)12(5)6/h9-12H,7-8H2,1-6H3. The van der Waals surface area contributed by atoms with E-state index < -0.39 is 40.6 Å². The molecule has 0 atom stereocenters. The molecule has 0 saturated heterocycles. The van der Waals surface area contributed by atoms with Crippen LogP contribution in [0.5, 0.6) is 0 Å². The van der Waals surface area contributed by atoms with Gasteiger partial charge in [-0.3, -0.25) is 5.01 Å². The van der Waals surface area contributed by atoms with Gasteiger partial charge in [-0.05, 0) is 53.7 Å². The van der Waals surface area contributed by atoms with E-state index >= 15 is 0 Å². The molecule has 180 valence electrons. The van der Waals surface area contributed by atoms with Crippen LogP contribution in [-0.4, -0.2) is 42.2 Å². The number of rotatable bonds is 10. The van der Waals surface area contributed by atoms with Crippen molar-refractivity contribution in [2.24, 2.45) is 10.3 Å². The zero-order valence-corrected chi connectivity index (χ0v) is 20.2. The average molecular weight is 528 g/mol. The average Bonchev–Trinajstić information content (AvgIpc) is 2.68. The first-order chi connectivity index (χ1) is 14.7. The van der Waals surface area contributed by atoms with Crippen molar-refractivity contribution in [2.75, 3.05) is 13.2 Å². The van der Waals surface area contributed by atoms with E-state index in [0.29, 0.717) is 0 Å². The van der Waals surface area contributed by atoms with Crippen LogP contribution in [0, 0.1) is 0 Å². The van der Waals surface area contributed by atoms with Crippen LogP contribution in [0.3, 0.4) is 0 Å². The smallest absolute Gasteiger partial charge is 0.382 e. The fourth-order valence-electron chi connectivity index (χ4n) is 2.75. The number of halogens is 5. The number of hydrogen-bond acceptors (Lipinski definition) is 6. The van der Waals surface area contributed by atoms with Gasteiger partial charge in [-0.1, -0.05) is 21.2 Å². The summed E-state index contributed by atoms with van der Waals surface area (Å²) in [6, 6.07) is 1.00. The summed E-state index contributed by atoms with van der Waals surface area (Å²) in [6.45, 7) is 8.87. The molecule has 0 aliphatic carbocycles. The SMILES string of the molecule is CCOC(=O)C(F)(F)c1cc(Br)cc(C(F)(F)C(=O)OCC)c1N=NN(C(C)C)C(C)C. The Morgan fingerprint density at radius 1 is 0.938 bits per heavy atom. The van der Waals surface area contributed by atoms with Gasteiger partial charge in [0, 0.05) is 16.6 Å². The van der Waals surface area contributed by atoms with Gasteiger partial charge in [-0.2, -0.15) is 17.6 Å². The molecule has 0 unspecified atom stereocenters. The summed E-state index contributed by atoms with van der Waals surface area (Å²) in [5.41, 5.74) is -3.42. The second-order valence-electron chi connectivity index (χ2n) is 7.20. The number of benzene rings is 1. The number of esters is 2.